The van der Waals surface area contributed by atoms with E-state index in [9.17, 15) is 0 Å². The molecule has 1 aliphatic carbocycles. The molecule has 0 unspecified atom stereocenters. The molecule has 0 atom stereocenters. The Bertz CT molecular complexity index is 4170. The minimum Gasteiger partial charge on any atom is -0.456 e. The Balaban J connectivity index is 1.20. The van der Waals surface area contributed by atoms with Gasteiger partial charge in [-0.1, -0.05) is 115 Å². The molecule has 318 valence electrons. The molecule has 4 aromatic heterocycles. The van der Waals surface area contributed by atoms with Gasteiger partial charge in [-0.25, -0.2) is 0 Å². The Morgan fingerprint density at radius 3 is 1.76 bits per heavy atom. The molecule has 3 aliphatic rings. The van der Waals surface area contributed by atoms with E-state index in [1.807, 2.05) is 0 Å². The number of rotatable bonds is 1. The number of furan rings is 3. The number of hydrogen-bond donors (Lipinski definition) is 0. The number of fused-ring (bicyclic) bond motifs is 20. The standard InChI is InChI=1S/C60H47BN2O3/c1-58(2,3)32-20-22-33(23-21-32)63-45-27-37-34-14-8-11-17-47(34)64-50(37)29-40(45)52-53-36-16-10-13-19-49(36)66-57(53)54-39-26-41-42(60(6,7)25-24-59(41,4)5)30-44(39)62-46-28-38-35-15-9-12-18-48(35)65-51(38)31-43(46)61(63)55(52)56(54)62/h8-23,26-31H,24-25H2,1-7H3. The first-order valence-electron chi connectivity index (χ1n) is 23.7. The zero-order valence-electron chi connectivity index (χ0n) is 38.3. The normalized spacial score (nSPS) is 16.2. The zero-order valence-corrected chi connectivity index (χ0v) is 38.3. The van der Waals surface area contributed by atoms with Crippen LogP contribution >= 0.6 is 0 Å². The van der Waals surface area contributed by atoms with Crippen LogP contribution in [0.2, 0.25) is 0 Å². The molecule has 6 heterocycles. The van der Waals surface area contributed by atoms with Crippen molar-refractivity contribution in [2.75, 3.05) is 4.81 Å². The average Bonchev–Trinajstić information content (AvgIpc) is 4.07. The third-order valence-corrected chi connectivity index (χ3v) is 16.2. The van der Waals surface area contributed by atoms with Gasteiger partial charge in [0, 0.05) is 60.3 Å². The van der Waals surface area contributed by atoms with Gasteiger partial charge in [0.25, 0.3) is 0 Å². The van der Waals surface area contributed by atoms with Crippen LogP contribution in [0.4, 0.5) is 11.4 Å². The highest BCUT2D eigenvalue weighted by atomic mass is 16.3. The van der Waals surface area contributed by atoms with Gasteiger partial charge < -0.3 is 22.6 Å². The van der Waals surface area contributed by atoms with E-state index in [1.54, 1.807) is 0 Å². The van der Waals surface area contributed by atoms with Crippen LogP contribution < -0.4 is 15.7 Å². The third kappa shape index (κ3) is 4.57. The first kappa shape index (κ1) is 37.1. The summed E-state index contributed by atoms with van der Waals surface area (Å²) < 4.78 is 23.5. The molecule has 5 nitrogen and oxygen atoms in total. The van der Waals surface area contributed by atoms with Crippen LogP contribution in [0.25, 0.3) is 104 Å². The number of para-hydroxylation sites is 3. The summed E-state index contributed by atoms with van der Waals surface area (Å²) in [5.74, 6) is 0. The lowest BCUT2D eigenvalue weighted by Gasteiger charge is -2.42. The van der Waals surface area contributed by atoms with Gasteiger partial charge in [-0.15, -0.1) is 0 Å². The zero-order chi connectivity index (χ0) is 44.3. The molecule has 6 heteroatoms. The average molecular weight is 855 g/mol. The minimum atomic E-state index is -0.226. The number of anilines is 2. The quantitative estimate of drug-likeness (QED) is 0.154. The Kier molecular flexibility index (Phi) is 6.73. The van der Waals surface area contributed by atoms with Crippen molar-refractivity contribution >= 4 is 117 Å². The summed E-state index contributed by atoms with van der Waals surface area (Å²) in [6, 6.07) is 49.6. The van der Waals surface area contributed by atoms with E-state index in [4.69, 9.17) is 13.3 Å². The van der Waals surface area contributed by atoms with Crippen LogP contribution in [0.5, 0.6) is 0 Å². The second-order valence-electron chi connectivity index (χ2n) is 21.9. The molecule has 15 rings (SSSR count). The topological polar surface area (TPSA) is 47.6 Å². The Hall–Kier alpha value is -7.18. The van der Waals surface area contributed by atoms with Gasteiger partial charge in [-0.2, -0.15) is 0 Å². The lowest BCUT2D eigenvalue weighted by molar-refractivity contribution is 0.332. The van der Waals surface area contributed by atoms with Crippen molar-refractivity contribution in [1.82, 2.24) is 4.57 Å². The summed E-state index contributed by atoms with van der Waals surface area (Å²) in [4.78, 5) is 2.63. The summed E-state index contributed by atoms with van der Waals surface area (Å²) in [6.07, 6.45) is 2.28. The van der Waals surface area contributed by atoms with Crippen LogP contribution in [0.15, 0.2) is 147 Å². The van der Waals surface area contributed by atoms with Crippen LogP contribution in [-0.2, 0) is 16.2 Å². The fourth-order valence-electron chi connectivity index (χ4n) is 12.7. The predicted molar refractivity (Wildman–Crippen MR) is 276 cm³/mol. The first-order chi connectivity index (χ1) is 31.8. The van der Waals surface area contributed by atoms with Crippen molar-refractivity contribution in [3.8, 4) is 16.8 Å². The van der Waals surface area contributed by atoms with Gasteiger partial charge in [0.2, 0.25) is 0 Å². The summed E-state index contributed by atoms with van der Waals surface area (Å²) in [5, 5.41) is 9.16. The maximum absolute atomic E-state index is 7.29. The number of benzene rings is 8. The Morgan fingerprint density at radius 2 is 1.11 bits per heavy atom. The molecule has 0 radical (unpaired) electrons. The first-order valence-corrected chi connectivity index (χ1v) is 23.7. The summed E-state index contributed by atoms with van der Waals surface area (Å²) in [6.45, 7) is 16.4. The van der Waals surface area contributed by atoms with Gasteiger partial charge in [0.15, 0.2) is 0 Å². The summed E-state index contributed by atoms with van der Waals surface area (Å²) in [7, 11) is 0. The molecule has 66 heavy (non-hydrogen) atoms. The SMILES string of the molecule is CC(C)(C)c1ccc(N2B3c4cc5oc6ccccc6c5cc4-n4c5cc6c(cc5c5c7oc8ccccc8c7c(c3c54)-c3cc4oc5ccccc5c4cc32)C(C)(C)CCC6(C)C)cc1. The largest absolute Gasteiger partial charge is 0.456 e. The lowest BCUT2D eigenvalue weighted by atomic mass is 9.43. The van der Waals surface area contributed by atoms with Crippen LogP contribution in [0.1, 0.15) is 78.0 Å². The van der Waals surface area contributed by atoms with Crippen molar-refractivity contribution in [2.45, 2.75) is 77.6 Å². The van der Waals surface area contributed by atoms with Gasteiger partial charge >= 0.3 is 6.85 Å². The van der Waals surface area contributed by atoms with E-state index in [2.05, 4.69) is 191 Å². The predicted octanol–water partition coefficient (Wildman–Crippen LogP) is 15.4. The highest BCUT2D eigenvalue weighted by molar-refractivity contribution is 6.94. The molecule has 8 aromatic carbocycles. The van der Waals surface area contributed by atoms with Crippen LogP contribution in [0, 0.1) is 0 Å². The molecule has 0 saturated carbocycles. The smallest absolute Gasteiger partial charge is 0.333 e. The summed E-state index contributed by atoms with van der Waals surface area (Å²) >= 11 is 0. The van der Waals surface area contributed by atoms with Gasteiger partial charge in [-0.05, 0) is 129 Å². The van der Waals surface area contributed by atoms with E-state index in [0.29, 0.717) is 0 Å². The fraction of sp³-hybridized carbons (Fsp3) is 0.200. The molecule has 0 N–H and O–H groups in total. The Labute approximate surface area is 382 Å². The molecule has 0 saturated heterocycles. The molecular formula is C60H47BN2O3. The van der Waals surface area contributed by atoms with E-state index in [1.165, 1.54) is 60.7 Å². The second-order valence-corrected chi connectivity index (χ2v) is 21.9. The van der Waals surface area contributed by atoms with E-state index in [-0.39, 0.29) is 23.1 Å². The molecule has 0 bridgehead atoms. The molecular weight excluding hydrogens is 807 g/mol. The fourth-order valence-corrected chi connectivity index (χ4v) is 12.7. The molecule has 2 aliphatic heterocycles. The highest BCUT2D eigenvalue weighted by Crippen LogP contribution is 2.55. The maximum atomic E-state index is 7.29. The van der Waals surface area contributed by atoms with Crippen LogP contribution in [-0.4, -0.2) is 11.4 Å². The van der Waals surface area contributed by atoms with Crippen molar-refractivity contribution in [3.05, 3.63) is 150 Å². The third-order valence-electron chi connectivity index (χ3n) is 16.2. The number of aromatic nitrogens is 1. The van der Waals surface area contributed by atoms with Crippen molar-refractivity contribution in [2.24, 2.45) is 0 Å². The van der Waals surface area contributed by atoms with Crippen molar-refractivity contribution in [1.29, 1.82) is 0 Å². The highest BCUT2D eigenvalue weighted by Gasteiger charge is 2.47. The molecule has 0 spiro atoms. The minimum absolute atomic E-state index is 0.000482. The number of hydrogen-bond acceptors (Lipinski definition) is 4. The molecule has 0 fully saturated rings. The summed E-state index contributed by atoms with van der Waals surface area (Å²) in [5.41, 5.74) is 20.3. The van der Waals surface area contributed by atoms with E-state index >= 15 is 0 Å². The van der Waals surface area contributed by atoms with Crippen LogP contribution in [0.3, 0.4) is 0 Å². The van der Waals surface area contributed by atoms with E-state index in [0.717, 1.165) is 95.6 Å². The van der Waals surface area contributed by atoms with Crippen molar-refractivity contribution < 1.29 is 13.3 Å². The maximum Gasteiger partial charge on any atom is 0.333 e. The van der Waals surface area contributed by atoms with E-state index < -0.39 is 0 Å². The molecule has 12 aromatic rings. The van der Waals surface area contributed by atoms with Crippen molar-refractivity contribution in [3.63, 3.8) is 0 Å². The lowest BCUT2D eigenvalue weighted by Crippen LogP contribution is -2.60. The second kappa shape index (κ2) is 12.0. The van der Waals surface area contributed by atoms with Gasteiger partial charge in [0.05, 0.1) is 16.4 Å². The van der Waals surface area contributed by atoms with Gasteiger partial charge in [0.1, 0.15) is 33.5 Å². The monoisotopic (exact) mass is 854 g/mol. The Morgan fingerprint density at radius 1 is 0.530 bits per heavy atom. The molecule has 0 amide bonds. The number of nitrogens with zero attached hydrogens (tertiary/aromatic N) is 2. The van der Waals surface area contributed by atoms with Gasteiger partial charge in [-0.3, -0.25) is 0 Å².